The molecule has 3 rings (SSSR count). The molecule has 0 unspecified atom stereocenters. The Hall–Kier alpha value is -0.472. The van der Waals surface area contributed by atoms with E-state index in [4.69, 9.17) is 0 Å². The van der Waals surface area contributed by atoms with E-state index in [1.165, 1.54) is 20.1 Å². The number of rotatable bonds is 0. The summed E-state index contributed by atoms with van der Waals surface area (Å²) in [6.07, 6.45) is 0. The number of para-hydroxylation sites is 2. The molecule has 0 fully saturated rings. The molecule has 0 amide bonds. The van der Waals surface area contributed by atoms with Gasteiger partial charge in [-0.25, -0.2) is 0 Å². The van der Waals surface area contributed by atoms with Crippen LogP contribution in [-0.4, -0.2) is 11.3 Å². The topological polar surface area (TPSA) is 12.0 Å². The van der Waals surface area contributed by atoms with Crippen LogP contribution in [-0.2, 0) is 0 Å². The first-order chi connectivity index (χ1) is 7.36. The summed E-state index contributed by atoms with van der Waals surface area (Å²) in [6.45, 7) is 0. The first-order valence-electron chi connectivity index (χ1n) is 4.77. The third-order valence-corrected chi connectivity index (χ3v) is 11.3. The molecule has 0 saturated heterocycles. The second-order valence-corrected chi connectivity index (χ2v) is 11.7. The molecule has 0 spiro atoms. The van der Waals surface area contributed by atoms with Crippen LogP contribution in [0.2, 0.25) is 0 Å². The van der Waals surface area contributed by atoms with E-state index < -0.39 is 11.3 Å². The molecular weight excluding hydrogens is 360 g/mol. The SMILES string of the molecule is I[As]1c2ccccc2Nc2ccccc21. The maximum absolute atomic E-state index is 3.50. The van der Waals surface area contributed by atoms with Crippen LogP contribution in [0.25, 0.3) is 0 Å². The van der Waals surface area contributed by atoms with E-state index in [-0.39, 0.29) is 0 Å². The minimum atomic E-state index is -1.05. The Kier molecular flexibility index (Phi) is 2.49. The maximum atomic E-state index is 3.50. The van der Waals surface area contributed by atoms with Crippen molar-refractivity contribution in [2.45, 2.75) is 0 Å². The van der Waals surface area contributed by atoms with E-state index in [2.05, 4.69) is 74.0 Å². The first kappa shape index (κ1) is 9.73. The predicted octanol–water partition coefficient (Wildman–Crippen LogP) is 2.28. The van der Waals surface area contributed by atoms with Crippen molar-refractivity contribution in [3.05, 3.63) is 48.5 Å². The zero-order valence-corrected chi connectivity index (χ0v) is 12.0. The Balaban J connectivity index is 2.20. The van der Waals surface area contributed by atoms with Crippen LogP contribution < -0.4 is 14.0 Å². The van der Waals surface area contributed by atoms with E-state index in [0.29, 0.717) is 0 Å². The van der Waals surface area contributed by atoms with Crippen molar-refractivity contribution >= 4 is 51.5 Å². The Labute approximate surface area is 105 Å². The van der Waals surface area contributed by atoms with Crippen LogP contribution >= 0.6 is 20.1 Å². The van der Waals surface area contributed by atoms with Gasteiger partial charge in [-0.15, -0.1) is 0 Å². The number of halogens is 1. The van der Waals surface area contributed by atoms with Crippen LogP contribution in [0.5, 0.6) is 0 Å². The second-order valence-electron chi connectivity index (χ2n) is 3.44. The molecule has 0 bridgehead atoms. The molecule has 74 valence electrons. The van der Waals surface area contributed by atoms with Gasteiger partial charge in [0.2, 0.25) is 0 Å². The van der Waals surface area contributed by atoms with E-state index in [0.717, 1.165) is 0 Å². The second kappa shape index (κ2) is 3.84. The quantitative estimate of drug-likeness (QED) is 0.555. The van der Waals surface area contributed by atoms with Crippen LogP contribution in [0, 0.1) is 0 Å². The van der Waals surface area contributed by atoms with Gasteiger partial charge >= 0.3 is 105 Å². The van der Waals surface area contributed by atoms with Gasteiger partial charge in [-0.2, -0.15) is 0 Å². The monoisotopic (exact) mass is 369 g/mol. The van der Waals surface area contributed by atoms with E-state index in [1.54, 1.807) is 0 Å². The van der Waals surface area contributed by atoms with Crippen molar-refractivity contribution in [3.8, 4) is 0 Å². The average Bonchev–Trinajstić information content (AvgIpc) is 2.30. The van der Waals surface area contributed by atoms with Gasteiger partial charge in [-0.3, -0.25) is 0 Å². The number of anilines is 2. The summed E-state index contributed by atoms with van der Waals surface area (Å²) in [5.74, 6) is 0. The third-order valence-electron chi connectivity index (χ3n) is 2.50. The molecule has 2 aromatic carbocycles. The number of hydrogen-bond acceptors (Lipinski definition) is 1. The standard InChI is InChI=1S/C12H9AsIN/c14-13-9-5-1-3-7-11(9)15-12-8-4-2-6-10(12)13/h1-8,15H. The number of nitrogens with one attached hydrogen (secondary N) is 1. The molecule has 3 heteroatoms. The molecule has 0 radical (unpaired) electrons. The molecule has 0 saturated carbocycles. The van der Waals surface area contributed by atoms with Crippen molar-refractivity contribution < 1.29 is 0 Å². The molecule has 2 aromatic rings. The van der Waals surface area contributed by atoms with Crippen LogP contribution in [0.15, 0.2) is 48.5 Å². The zero-order valence-electron chi connectivity index (χ0n) is 7.94. The molecule has 15 heavy (non-hydrogen) atoms. The fraction of sp³-hybridized carbons (Fsp3) is 0. The van der Waals surface area contributed by atoms with Gasteiger partial charge in [0.25, 0.3) is 0 Å². The molecule has 0 aromatic heterocycles. The van der Waals surface area contributed by atoms with Gasteiger partial charge in [0, 0.05) is 0 Å². The summed E-state index contributed by atoms with van der Waals surface area (Å²) in [7, 11) is 0. The summed E-state index contributed by atoms with van der Waals surface area (Å²) >= 11 is 1.59. The van der Waals surface area contributed by atoms with E-state index >= 15 is 0 Å². The molecule has 1 N–H and O–H groups in total. The molecule has 0 aliphatic carbocycles. The predicted molar refractivity (Wildman–Crippen MR) is 75.2 cm³/mol. The summed E-state index contributed by atoms with van der Waals surface area (Å²) in [6, 6.07) is 17.3. The van der Waals surface area contributed by atoms with E-state index in [9.17, 15) is 0 Å². The van der Waals surface area contributed by atoms with Crippen LogP contribution in [0.3, 0.4) is 0 Å². The number of fused-ring (bicyclic) bond motifs is 2. The van der Waals surface area contributed by atoms with Gasteiger partial charge in [-0.05, 0) is 0 Å². The molecule has 1 heterocycles. The Morgan fingerprint density at radius 1 is 0.800 bits per heavy atom. The van der Waals surface area contributed by atoms with Crippen molar-refractivity contribution in [2.75, 3.05) is 5.32 Å². The van der Waals surface area contributed by atoms with Gasteiger partial charge in [0.15, 0.2) is 0 Å². The van der Waals surface area contributed by atoms with Crippen molar-refractivity contribution in [3.63, 3.8) is 0 Å². The fourth-order valence-corrected chi connectivity index (χ4v) is 9.04. The van der Waals surface area contributed by atoms with Crippen molar-refractivity contribution in [1.82, 2.24) is 0 Å². The third kappa shape index (κ3) is 1.60. The first-order valence-corrected chi connectivity index (χ1v) is 12.4. The molecule has 1 nitrogen and oxygen atoms in total. The summed E-state index contributed by atoms with van der Waals surface area (Å²) in [5.41, 5.74) is 2.59. The zero-order chi connectivity index (χ0) is 10.3. The van der Waals surface area contributed by atoms with Gasteiger partial charge in [0.1, 0.15) is 0 Å². The molecule has 0 atom stereocenters. The van der Waals surface area contributed by atoms with E-state index in [1.807, 2.05) is 0 Å². The normalized spacial score (nSPS) is 13.9. The number of hydrogen-bond donors (Lipinski definition) is 1. The summed E-state index contributed by atoms with van der Waals surface area (Å²) < 4.78 is 3.04. The van der Waals surface area contributed by atoms with Gasteiger partial charge < -0.3 is 0 Å². The van der Waals surface area contributed by atoms with Crippen LogP contribution in [0.1, 0.15) is 0 Å². The Bertz CT molecular complexity index is 467. The summed E-state index contributed by atoms with van der Waals surface area (Å²) in [4.78, 5) is 0. The Morgan fingerprint density at radius 2 is 1.27 bits per heavy atom. The van der Waals surface area contributed by atoms with Crippen LogP contribution in [0.4, 0.5) is 11.4 Å². The van der Waals surface area contributed by atoms with Crippen molar-refractivity contribution in [2.24, 2.45) is 0 Å². The van der Waals surface area contributed by atoms with Crippen molar-refractivity contribution in [1.29, 1.82) is 0 Å². The molecule has 1 aliphatic rings. The fourth-order valence-electron chi connectivity index (χ4n) is 1.78. The van der Waals surface area contributed by atoms with Gasteiger partial charge in [0.05, 0.1) is 0 Å². The summed E-state index contributed by atoms with van der Waals surface area (Å²) in [5, 5.41) is 3.50. The molecular formula is C12H9AsIN. The minimum absolute atomic E-state index is 1.05. The number of benzene rings is 2. The van der Waals surface area contributed by atoms with Gasteiger partial charge in [-0.1, -0.05) is 0 Å². The molecule has 1 aliphatic heterocycles. The Morgan fingerprint density at radius 3 is 1.80 bits per heavy atom. The average molecular weight is 369 g/mol.